The molecule has 2 aliphatic carbocycles. The summed E-state index contributed by atoms with van der Waals surface area (Å²) in [7, 11) is 0. The van der Waals surface area contributed by atoms with Crippen LogP contribution in [0.4, 0.5) is 4.79 Å². The zero-order valence-electron chi connectivity index (χ0n) is 17.8. The lowest BCUT2D eigenvalue weighted by Crippen LogP contribution is -2.41. The number of alkyl carbamates (subject to hydrolysis) is 1. The Labute approximate surface area is 170 Å². The van der Waals surface area contributed by atoms with Crippen LogP contribution in [0.2, 0.25) is 0 Å². The highest BCUT2D eigenvalue weighted by atomic mass is 16.5. The number of amides is 1. The van der Waals surface area contributed by atoms with Gasteiger partial charge in [-0.1, -0.05) is 65.0 Å². The number of carbonyl (C=O) groups excluding carboxylic acids is 1. The van der Waals surface area contributed by atoms with Crippen molar-refractivity contribution in [2.24, 2.45) is 5.92 Å². The number of rotatable bonds is 8. The molecular formula is C22H40N2O4. The molecular weight excluding hydrogens is 356 g/mol. The largest absolute Gasteiger partial charge is 0.480 e. The number of aliphatic carboxylic acids is 1. The average Bonchev–Trinajstić information content (AvgIpc) is 2.67. The first-order valence-electron chi connectivity index (χ1n) is 11.0. The minimum Gasteiger partial charge on any atom is -0.480 e. The molecule has 0 saturated heterocycles. The fourth-order valence-corrected chi connectivity index (χ4v) is 3.88. The molecule has 2 fully saturated rings. The lowest BCUT2D eigenvalue weighted by Gasteiger charge is -2.30. The van der Waals surface area contributed by atoms with E-state index in [0.717, 1.165) is 12.1 Å². The Bertz CT molecular complexity index is 439. The molecule has 0 aromatic carbocycles. The monoisotopic (exact) mass is 396 g/mol. The van der Waals surface area contributed by atoms with Crippen molar-refractivity contribution in [1.29, 1.82) is 0 Å². The Hall–Kier alpha value is -1.56. The molecule has 3 N–H and O–H groups in total. The molecule has 1 atom stereocenters. The van der Waals surface area contributed by atoms with Gasteiger partial charge in [-0.3, -0.25) is 0 Å². The van der Waals surface area contributed by atoms with E-state index >= 15 is 0 Å². The van der Waals surface area contributed by atoms with Gasteiger partial charge in [0, 0.05) is 12.1 Å². The van der Waals surface area contributed by atoms with Gasteiger partial charge in [-0.05, 0) is 38.0 Å². The van der Waals surface area contributed by atoms with Crippen molar-refractivity contribution in [3.05, 3.63) is 12.7 Å². The number of hydrogen-bond acceptors (Lipinski definition) is 4. The van der Waals surface area contributed by atoms with E-state index in [-0.39, 0.29) is 12.5 Å². The second-order valence-corrected chi connectivity index (χ2v) is 8.39. The maximum absolute atomic E-state index is 11.1. The first-order valence-corrected chi connectivity index (χ1v) is 11.0. The SMILES string of the molecule is C1CCC(NC2CCCCC2)CC1.C=CCOC(=O)NC(CC(C)C)C(=O)O. The second-order valence-electron chi connectivity index (χ2n) is 8.39. The molecule has 6 nitrogen and oxygen atoms in total. The van der Waals surface area contributed by atoms with E-state index < -0.39 is 18.1 Å². The third-order valence-electron chi connectivity index (χ3n) is 5.31. The maximum atomic E-state index is 11.1. The predicted molar refractivity (Wildman–Crippen MR) is 112 cm³/mol. The van der Waals surface area contributed by atoms with Crippen molar-refractivity contribution in [1.82, 2.24) is 10.6 Å². The predicted octanol–water partition coefficient (Wildman–Crippen LogP) is 4.64. The van der Waals surface area contributed by atoms with Crippen molar-refractivity contribution in [3.8, 4) is 0 Å². The lowest BCUT2D eigenvalue weighted by molar-refractivity contribution is -0.139. The zero-order valence-corrected chi connectivity index (χ0v) is 17.8. The van der Waals surface area contributed by atoms with Gasteiger partial charge in [0.15, 0.2) is 0 Å². The summed E-state index contributed by atoms with van der Waals surface area (Å²) in [6, 6.07) is 0.844. The summed E-state index contributed by atoms with van der Waals surface area (Å²) < 4.78 is 4.62. The summed E-state index contributed by atoms with van der Waals surface area (Å²) in [6.07, 6.45) is 15.6. The number of carboxylic acid groups (broad SMARTS) is 1. The molecule has 1 amide bonds. The van der Waals surface area contributed by atoms with Gasteiger partial charge >= 0.3 is 12.1 Å². The Kier molecular flexibility index (Phi) is 12.6. The van der Waals surface area contributed by atoms with Crippen LogP contribution in [-0.4, -0.2) is 41.9 Å². The van der Waals surface area contributed by atoms with Gasteiger partial charge in [0.1, 0.15) is 12.6 Å². The summed E-state index contributed by atoms with van der Waals surface area (Å²) in [5, 5.41) is 14.9. The van der Waals surface area contributed by atoms with Gasteiger partial charge in [0.25, 0.3) is 0 Å². The first kappa shape index (κ1) is 24.5. The van der Waals surface area contributed by atoms with Gasteiger partial charge in [-0.2, -0.15) is 0 Å². The molecule has 0 aliphatic heterocycles. The molecule has 1 unspecified atom stereocenters. The van der Waals surface area contributed by atoms with Crippen molar-refractivity contribution >= 4 is 12.1 Å². The van der Waals surface area contributed by atoms with Crippen LogP contribution < -0.4 is 10.6 Å². The van der Waals surface area contributed by atoms with E-state index in [0.29, 0.717) is 6.42 Å². The molecule has 0 heterocycles. The van der Waals surface area contributed by atoms with E-state index in [9.17, 15) is 9.59 Å². The van der Waals surface area contributed by atoms with Crippen LogP contribution >= 0.6 is 0 Å². The Morgan fingerprint density at radius 1 is 1.04 bits per heavy atom. The quantitative estimate of drug-likeness (QED) is 0.520. The fraction of sp³-hybridized carbons (Fsp3) is 0.818. The number of hydrogen-bond donors (Lipinski definition) is 3. The summed E-state index contributed by atoms with van der Waals surface area (Å²) >= 11 is 0. The van der Waals surface area contributed by atoms with Gasteiger partial charge in [0.05, 0.1) is 0 Å². The second kappa shape index (κ2) is 14.4. The molecule has 0 aromatic heterocycles. The van der Waals surface area contributed by atoms with Crippen molar-refractivity contribution < 1.29 is 19.4 Å². The number of carboxylic acids is 1. The minimum atomic E-state index is -1.06. The van der Waals surface area contributed by atoms with Crippen LogP contribution in [0.3, 0.4) is 0 Å². The summed E-state index contributed by atoms with van der Waals surface area (Å²) in [5.41, 5.74) is 0. The van der Waals surface area contributed by atoms with E-state index in [1.165, 1.54) is 70.3 Å². The average molecular weight is 397 g/mol. The van der Waals surface area contributed by atoms with Crippen LogP contribution in [-0.2, 0) is 9.53 Å². The maximum Gasteiger partial charge on any atom is 0.408 e. The van der Waals surface area contributed by atoms with Crippen molar-refractivity contribution in [2.45, 2.75) is 103 Å². The third-order valence-corrected chi connectivity index (χ3v) is 5.31. The molecule has 0 radical (unpaired) electrons. The fourth-order valence-electron chi connectivity index (χ4n) is 3.88. The number of ether oxygens (including phenoxy) is 1. The van der Waals surface area contributed by atoms with Crippen LogP contribution in [0.15, 0.2) is 12.7 Å². The topological polar surface area (TPSA) is 87.7 Å². The Balaban J connectivity index is 0.000000281. The standard InChI is InChI=1S/C12H23N.C10H17NO4/c1-3-7-11(8-4-1)13-12-9-5-2-6-10-12;1-4-5-15-10(14)11-8(9(12)13)6-7(2)3/h11-13H,1-10H2;4,7-8H,1,5-6H2,2-3H3,(H,11,14)(H,12,13). The van der Waals surface area contributed by atoms with Gasteiger partial charge in [-0.15, -0.1) is 0 Å². The molecule has 2 aliphatic rings. The highest BCUT2D eigenvalue weighted by molar-refractivity contribution is 5.79. The normalized spacial score (nSPS) is 19.2. The van der Waals surface area contributed by atoms with Gasteiger partial charge in [0.2, 0.25) is 0 Å². The summed E-state index contributed by atoms with van der Waals surface area (Å²) in [5.74, 6) is -0.870. The van der Waals surface area contributed by atoms with Crippen LogP contribution in [0.5, 0.6) is 0 Å². The zero-order chi connectivity index (χ0) is 20.8. The van der Waals surface area contributed by atoms with Crippen LogP contribution in [0.1, 0.15) is 84.5 Å². The first-order chi connectivity index (χ1) is 13.4. The molecule has 0 bridgehead atoms. The van der Waals surface area contributed by atoms with E-state index in [2.05, 4.69) is 21.9 Å². The van der Waals surface area contributed by atoms with E-state index in [1.54, 1.807) is 0 Å². The van der Waals surface area contributed by atoms with E-state index in [4.69, 9.17) is 5.11 Å². The van der Waals surface area contributed by atoms with Crippen molar-refractivity contribution in [3.63, 3.8) is 0 Å². The van der Waals surface area contributed by atoms with Gasteiger partial charge < -0.3 is 20.5 Å². The Morgan fingerprint density at radius 2 is 1.54 bits per heavy atom. The number of carbonyl (C=O) groups is 2. The molecule has 2 rings (SSSR count). The number of nitrogens with one attached hydrogen (secondary N) is 2. The highest BCUT2D eigenvalue weighted by Gasteiger charge is 2.21. The summed E-state index contributed by atoms with van der Waals surface area (Å²) in [4.78, 5) is 21.8. The summed E-state index contributed by atoms with van der Waals surface area (Å²) in [6.45, 7) is 7.21. The molecule has 162 valence electrons. The molecule has 28 heavy (non-hydrogen) atoms. The minimum absolute atomic E-state index is 0.0693. The smallest absolute Gasteiger partial charge is 0.408 e. The van der Waals surface area contributed by atoms with Crippen LogP contribution in [0.25, 0.3) is 0 Å². The lowest BCUT2D eigenvalue weighted by atomic mass is 9.91. The van der Waals surface area contributed by atoms with E-state index in [1.807, 2.05) is 13.8 Å². The Morgan fingerprint density at radius 3 is 1.93 bits per heavy atom. The van der Waals surface area contributed by atoms with Crippen molar-refractivity contribution in [2.75, 3.05) is 6.61 Å². The van der Waals surface area contributed by atoms with Gasteiger partial charge in [-0.25, -0.2) is 9.59 Å². The molecule has 0 aromatic rings. The highest BCUT2D eigenvalue weighted by Crippen LogP contribution is 2.22. The van der Waals surface area contributed by atoms with Crippen LogP contribution in [0, 0.1) is 5.92 Å². The third kappa shape index (κ3) is 11.3. The molecule has 6 heteroatoms. The molecule has 2 saturated carbocycles. The molecule has 0 spiro atoms.